The van der Waals surface area contributed by atoms with Crippen molar-refractivity contribution >= 4 is 39.3 Å². The Hall–Kier alpha value is -1.27. The van der Waals surface area contributed by atoms with Crippen LogP contribution in [0.5, 0.6) is 5.75 Å². The van der Waals surface area contributed by atoms with Crippen molar-refractivity contribution in [1.82, 2.24) is 10.6 Å². The van der Waals surface area contributed by atoms with Crippen molar-refractivity contribution < 1.29 is 14.3 Å². The molecular weight excluding hydrogens is 384 g/mol. The van der Waals surface area contributed by atoms with Crippen molar-refractivity contribution in [1.29, 1.82) is 0 Å². The zero-order valence-corrected chi connectivity index (χ0v) is 15.5. The number of hydrogen-bond acceptors (Lipinski definition) is 3. The summed E-state index contributed by atoms with van der Waals surface area (Å²) in [6.45, 7) is 3.26. The van der Waals surface area contributed by atoms with Gasteiger partial charge in [0.15, 0.2) is 0 Å². The van der Waals surface area contributed by atoms with E-state index in [9.17, 15) is 9.59 Å². The lowest BCUT2D eigenvalue weighted by atomic mass is 10.3. The van der Waals surface area contributed by atoms with Gasteiger partial charge in [-0.05, 0) is 31.0 Å². The third kappa shape index (κ3) is 8.81. The molecule has 0 aromatic heterocycles. The largest absolute Gasteiger partial charge is 0.492 e. The van der Waals surface area contributed by atoms with E-state index < -0.39 is 0 Å². The highest BCUT2D eigenvalue weighted by Gasteiger charge is 2.04. The Labute approximate surface area is 150 Å². The molecule has 0 fully saturated rings. The Kier molecular flexibility index (Phi) is 9.71. The van der Waals surface area contributed by atoms with Crippen molar-refractivity contribution in [3.05, 3.63) is 27.7 Å². The second-order valence-electron chi connectivity index (χ2n) is 4.98. The SMILES string of the molecule is CCCC(=O)NCCNC(=O)CCCOc1ccc(Br)cc1Cl. The van der Waals surface area contributed by atoms with Crippen LogP contribution in [0.15, 0.2) is 22.7 Å². The molecule has 0 spiro atoms. The summed E-state index contributed by atoms with van der Waals surface area (Å²) in [6.07, 6.45) is 2.31. The number of carbonyl (C=O) groups excluding carboxylic acids is 2. The zero-order chi connectivity index (χ0) is 17.1. The van der Waals surface area contributed by atoms with Gasteiger partial charge in [0.25, 0.3) is 0 Å². The molecule has 0 aliphatic heterocycles. The van der Waals surface area contributed by atoms with E-state index >= 15 is 0 Å². The minimum atomic E-state index is -0.0553. The van der Waals surface area contributed by atoms with Crippen LogP contribution in [0.25, 0.3) is 0 Å². The van der Waals surface area contributed by atoms with Gasteiger partial charge in [0.2, 0.25) is 11.8 Å². The third-order valence-corrected chi connectivity index (χ3v) is 3.73. The lowest BCUT2D eigenvalue weighted by Gasteiger charge is -2.09. The number of carbonyl (C=O) groups is 2. The van der Waals surface area contributed by atoms with Crippen LogP contribution in [0.1, 0.15) is 32.6 Å². The molecule has 0 radical (unpaired) electrons. The summed E-state index contributed by atoms with van der Waals surface area (Å²) in [5.41, 5.74) is 0. The average molecular weight is 406 g/mol. The van der Waals surface area contributed by atoms with Gasteiger partial charge in [-0.3, -0.25) is 9.59 Å². The molecule has 0 unspecified atom stereocenters. The summed E-state index contributed by atoms with van der Waals surface area (Å²) >= 11 is 9.36. The minimum Gasteiger partial charge on any atom is -0.492 e. The summed E-state index contributed by atoms with van der Waals surface area (Å²) < 4.78 is 6.43. The summed E-state index contributed by atoms with van der Waals surface area (Å²) in [5.74, 6) is 0.565. The Morgan fingerprint density at radius 2 is 1.83 bits per heavy atom. The summed E-state index contributed by atoms with van der Waals surface area (Å²) in [6, 6.07) is 5.39. The molecular formula is C16H22BrClN2O3. The normalized spacial score (nSPS) is 10.2. The van der Waals surface area contributed by atoms with Gasteiger partial charge in [0.1, 0.15) is 5.75 Å². The lowest BCUT2D eigenvalue weighted by molar-refractivity contribution is -0.123. The van der Waals surface area contributed by atoms with Gasteiger partial charge >= 0.3 is 0 Å². The molecule has 0 saturated heterocycles. The number of ether oxygens (including phenoxy) is 1. The van der Waals surface area contributed by atoms with Gasteiger partial charge in [-0.1, -0.05) is 34.5 Å². The van der Waals surface area contributed by atoms with Gasteiger partial charge in [-0.25, -0.2) is 0 Å². The Morgan fingerprint density at radius 3 is 2.43 bits per heavy atom. The van der Waals surface area contributed by atoms with Gasteiger partial charge in [0.05, 0.1) is 11.6 Å². The van der Waals surface area contributed by atoms with E-state index in [0.717, 1.165) is 10.9 Å². The number of nitrogens with one attached hydrogen (secondary N) is 2. The maximum absolute atomic E-state index is 11.6. The molecule has 1 rings (SSSR count). The highest BCUT2D eigenvalue weighted by Crippen LogP contribution is 2.27. The highest BCUT2D eigenvalue weighted by atomic mass is 79.9. The minimum absolute atomic E-state index is 0.0153. The smallest absolute Gasteiger partial charge is 0.220 e. The van der Waals surface area contributed by atoms with Gasteiger partial charge in [0, 0.05) is 30.4 Å². The highest BCUT2D eigenvalue weighted by molar-refractivity contribution is 9.10. The van der Waals surface area contributed by atoms with Crippen LogP contribution in [-0.4, -0.2) is 31.5 Å². The first-order valence-electron chi connectivity index (χ1n) is 7.64. The molecule has 7 heteroatoms. The Balaban J connectivity index is 2.09. The average Bonchev–Trinajstić information content (AvgIpc) is 2.50. The molecule has 0 bridgehead atoms. The topological polar surface area (TPSA) is 67.4 Å². The van der Waals surface area contributed by atoms with Crippen molar-refractivity contribution in [2.75, 3.05) is 19.7 Å². The molecule has 0 heterocycles. The Bertz CT molecular complexity index is 526. The maximum atomic E-state index is 11.6. The van der Waals surface area contributed by atoms with Crippen LogP contribution in [0.2, 0.25) is 5.02 Å². The molecule has 0 saturated carbocycles. The number of benzene rings is 1. The summed E-state index contributed by atoms with van der Waals surface area (Å²) in [5, 5.41) is 6.03. The van der Waals surface area contributed by atoms with Crippen LogP contribution < -0.4 is 15.4 Å². The molecule has 128 valence electrons. The quantitative estimate of drug-likeness (QED) is 0.587. The van der Waals surface area contributed by atoms with E-state index in [4.69, 9.17) is 16.3 Å². The molecule has 0 aliphatic rings. The first kappa shape index (κ1) is 19.8. The number of halogens is 2. The number of amides is 2. The fourth-order valence-electron chi connectivity index (χ4n) is 1.81. The molecule has 2 amide bonds. The van der Waals surface area contributed by atoms with Crippen molar-refractivity contribution in [2.45, 2.75) is 32.6 Å². The molecule has 23 heavy (non-hydrogen) atoms. The van der Waals surface area contributed by atoms with Crippen LogP contribution in [0.4, 0.5) is 0 Å². The van der Waals surface area contributed by atoms with Gasteiger partial charge < -0.3 is 15.4 Å². The fraction of sp³-hybridized carbons (Fsp3) is 0.500. The van der Waals surface area contributed by atoms with Crippen molar-refractivity contribution in [2.24, 2.45) is 0 Å². The summed E-state index contributed by atoms with van der Waals surface area (Å²) in [4.78, 5) is 22.9. The molecule has 2 N–H and O–H groups in total. The van der Waals surface area contributed by atoms with Crippen LogP contribution >= 0.6 is 27.5 Å². The molecule has 0 aliphatic carbocycles. The molecule has 0 atom stereocenters. The maximum Gasteiger partial charge on any atom is 0.220 e. The monoisotopic (exact) mass is 404 g/mol. The number of rotatable bonds is 10. The molecule has 5 nitrogen and oxygen atoms in total. The summed E-state index contributed by atoms with van der Waals surface area (Å²) in [7, 11) is 0. The van der Waals surface area contributed by atoms with Crippen LogP contribution in [-0.2, 0) is 9.59 Å². The predicted octanol–water partition coefficient (Wildman–Crippen LogP) is 3.29. The van der Waals surface area contributed by atoms with Crippen molar-refractivity contribution in [3.63, 3.8) is 0 Å². The van der Waals surface area contributed by atoms with Crippen molar-refractivity contribution in [3.8, 4) is 5.75 Å². The van der Waals surface area contributed by atoms with E-state index in [1.165, 1.54) is 0 Å². The standard InChI is InChI=1S/C16H22BrClN2O3/c1-2-4-15(21)19-8-9-20-16(22)5-3-10-23-14-7-6-12(17)11-13(14)18/h6-7,11H,2-5,8-10H2,1H3,(H,19,21)(H,20,22). The Morgan fingerprint density at radius 1 is 1.17 bits per heavy atom. The first-order chi connectivity index (χ1) is 11.0. The molecule has 1 aromatic rings. The van der Waals surface area contributed by atoms with E-state index in [1.54, 1.807) is 12.1 Å². The fourth-order valence-corrected chi connectivity index (χ4v) is 2.54. The van der Waals surface area contributed by atoms with Gasteiger partial charge in [-0.2, -0.15) is 0 Å². The first-order valence-corrected chi connectivity index (χ1v) is 8.81. The van der Waals surface area contributed by atoms with E-state index in [0.29, 0.717) is 49.7 Å². The number of hydrogen-bond donors (Lipinski definition) is 2. The second-order valence-corrected chi connectivity index (χ2v) is 6.30. The van der Waals surface area contributed by atoms with E-state index in [2.05, 4.69) is 26.6 Å². The van der Waals surface area contributed by atoms with E-state index in [-0.39, 0.29) is 11.8 Å². The predicted molar refractivity (Wildman–Crippen MR) is 94.8 cm³/mol. The van der Waals surface area contributed by atoms with E-state index in [1.807, 2.05) is 13.0 Å². The second kappa shape index (κ2) is 11.3. The third-order valence-electron chi connectivity index (χ3n) is 2.95. The van der Waals surface area contributed by atoms with Gasteiger partial charge in [-0.15, -0.1) is 0 Å². The zero-order valence-electron chi connectivity index (χ0n) is 13.2. The van der Waals surface area contributed by atoms with Crippen LogP contribution in [0.3, 0.4) is 0 Å². The molecule has 1 aromatic carbocycles. The van der Waals surface area contributed by atoms with Crippen LogP contribution in [0, 0.1) is 0 Å². The lowest BCUT2D eigenvalue weighted by Crippen LogP contribution is -2.34.